The Bertz CT molecular complexity index is 505. The summed E-state index contributed by atoms with van der Waals surface area (Å²) in [5.74, 6) is 0.775. The number of thiol groups is 1. The summed E-state index contributed by atoms with van der Waals surface area (Å²) in [6, 6.07) is 0. The lowest BCUT2D eigenvalue weighted by Crippen LogP contribution is -2.38. The molecule has 1 aliphatic carbocycles. The first-order chi connectivity index (χ1) is 11.9. The van der Waals surface area contributed by atoms with Crippen LogP contribution >= 0.6 is 12.6 Å². The second kappa shape index (κ2) is 11.5. The molecular formula is C17H31F3O4S2. The van der Waals surface area contributed by atoms with Crippen LogP contribution in [0.25, 0.3) is 0 Å². The SMILES string of the molecule is CCCCC(S)(CCCC)C(=O)C1CCCCC1.O=S(=O)(O)C(F)(F)F. The normalized spacial score (nSPS) is 16.7. The zero-order valence-corrected chi connectivity index (χ0v) is 17.2. The molecule has 0 bridgehead atoms. The molecule has 0 spiro atoms. The molecule has 0 aromatic carbocycles. The monoisotopic (exact) mass is 420 g/mol. The van der Waals surface area contributed by atoms with Crippen LogP contribution in [0.1, 0.15) is 84.5 Å². The van der Waals surface area contributed by atoms with Gasteiger partial charge in [-0.05, 0) is 25.7 Å². The summed E-state index contributed by atoms with van der Waals surface area (Å²) < 4.78 is 57.2. The molecule has 0 amide bonds. The molecule has 0 saturated heterocycles. The van der Waals surface area contributed by atoms with Crippen LogP contribution in [-0.4, -0.2) is 29.0 Å². The van der Waals surface area contributed by atoms with Crippen LogP contribution in [0.4, 0.5) is 13.2 Å². The van der Waals surface area contributed by atoms with Gasteiger partial charge in [-0.3, -0.25) is 9.35 Å². The largest absolute Gasteiger partial charge is 0.522 e. The van der Waals surface area contributed by atoms with Gasteiger partial charge < -0.3 is 0 Å². The van der Waals surface area contributed by atoms with E-state index in [-0.39, 0.29) is 4.75 Å². The summed E-state index contributed by atoms with van der Waals surface area (Å²) in [6.07, 6.45) is 12.5. The fourth-order valence-corrected chi connectivity index (χ4v) is 3.55. The van der Waals surface area contributed by atoms with Gasteiger partial charge in [-0.2, -0.15) is 34.2 Å². The van der Waals surface area contributed by atoms with E-state index < -0.39 is 15.6 Å². The minimum atomic E-state index is -5.84. The highest BCUT2D eigenvalue weighted by atomic mass is 32.2. The number of hydrogen-bond donors (Lipinski definition) is 2. The van der Waals surface area contributed by atoms with Gasteiger partial charge in [-0.15, -0.1) is 0 Å². The minimum Gasteiger partial charge on any atom is -0.298 e. The van der Waals surface area contributed by atoms with Gasteiger partial charge in [0.15, 0.2) is 5.78 Å². The molecule has 156 valence electrons. The highest BCUT2D eigenvalue weighted by molar-refractivity contribution is 7.86. The molecule has 9 heteroatoms. The molecule has 1 aliphatic rings. The molecule has 0 atom stereocenters. The van der Waals surface area contributed by atoms with Crippen LogP contribution in [0.2, 0.25) is 0 Å². The summed E-state index contributed by atoms with van der Waals surface area (Å²) >= 11 is 4.84. The van der Waals surface area contributed by atoms with E-state index in [4.69, 9.17) is 25.6 Å². The highest BCUT2D eigenvalue weighted by Crippen LogP contribution is 2.36. The Balaban J connectivity index is 0.000000660. The molecule has 26 heavy (non-hydrogen) atoms. The number of unbranched alkanes of at least 4 members (excludes halogenated alkanes) is 2. The lowest BCUT2D eigenvalue weighted by atomic mass is 9.78. The van der Waals surface area contributed by atoms with Crippen LogP contribution in [0.3, 0.4) is 0 Å². The van der Waals surface area contributed by atoms with Crippen molar-refractivity contribution in [3.05, 3.63) is 0 Å². The van der Waals surface area contributed by atoms with Crippen LogP contribution in [0, 0.1) is 5.92 Å². The van der Waals surface area contributed by atoms with E-state index in [2.05, 4.69) is 13.8 Å². The minimum absolute atomic E-state index is 0.310. The van der Waals surface area contributed by atoms with Crippen LogP contribution in [0.5, 0.6) is 0 Å². The predicted octanol–water partition coefficient (Wildman–Crippen LogP) is 5.58. The van der Waals surface area contributed by atoms with E-state index >= 15 is 0 Å². The lowest BCUT2D eigenvalue weighted by Gasteiger charge is -2.33. The molecule has 0 aliphatic heterocycles. The second-order valence-electron chi connectivity index (χ2n) is 6.86. The molecule has 1 N–H and O–H groups in total. The molecule has 0 unspecified atom stereocenters. The van der Waals surface area contributed by atoms with Crippen molar-refractivity contribution in [1.82, 2.24) is 0 Å². The standard InChI is InChI=1S/C16H30OS.CHF3O3S/c1-3-5-12-16(18,13-6-4-2)15(17)14-10-8-7-9-11-14;2-1(3,4)8(5,6)7/h14,18H,3-13H2,1-2H3;(H,5,6,7). The molecule has 0 radical (unpaired) electrons. The molecule has 0 heterocycles. The third-order valence-electron chi connectivity index (χ3n) is 4.61. The first kappa shape index (κ1) is 25.7. The topological polar surface area (TPSA) is 71.4 Å². The zero-order valence-electron chi connectivity index (χ0n) is 15.5. The van der Waals surface area contributed by atoms with Crippen LogP contribution in [0.15, 0.2) is 0 Å². The van der Waals surface area contributed by atoms with Gasteiger partial charge in [-0.1, -0.05) is 58.8 Å². The van der Waals surface area contributed by atoms with Crippen molar-refractivity contribution < 1.29 is 30.9 Å². The van der Waals surface area contributed by atoms with Crippen molar-refractivity contribution in [3.63, 3.8) is 0 Å². The smallest absolute Gasteiger partial charge is 0.298 e. The number of hydrogen-bond acceptors (Lipinski definition) is 4. The molecular weight excluding hydrogens is 389 g/mol. The third kappa shape index (κ3) is 9.08. The Hall–Kier alpha value is -0.280. The van der Waals surface area contributed by atoms with Gasteiger partial charge >= 0.3 is 15.6 Å². The van der Waals surface area contributed by atoms with E-state index in [1.165, 1.54) is 19.3 Å². The summed E-state index contributed by atoms with van der Waals surface area (Å²) in [6.45, 7) is 4.39. The van der Waals surface area contributed by atoms with E-state index in [0.29, 0.717) is 11.7 Å². The predicted molar refractivity (Wildman–Crippen MR) is 100.0 cm³/mol. The maximum Gasteiger partial charge on any atom is 0.522 e. The molecule has 1 fully saturated rings. The average Bonchev–Trinajstić information content (AvgIpc) is 2.57. The number of carbonyl (C=O) groups is 1. The lowest BCUT2D eigenvalue weighted by molar-refractivity contribution is -0.126. The number of Topliss-reactive ketones (excluding diaryl/α,β-unsaturated/α-hetero) is 1. The van der Waals surface area contributed by atoms with Crippen molar-refractivity contribution in [2.75, 3.05) is 0 Å². The zero-order chi connectivity index (χ0) is 20.4. The number of ketones is 1. The maximum atomic E-state index is 12.8. The summed E-state index contributed by atoms with van der Waals surface area (Å²) in [5, 5.41) is 0. The van der Waals surface area contributed by atoms with Crippen molar-refractivity contribution in [3.8, 4) is 0 Å². The van der Waals surface area contributed by atoms with Crippen molar-refractivity contribution >= 4 is 28.5 Å². The third-order valence-corrected chi connectivity index (χ3v) is 5.87. The van der Waals surface area contributed by atoms with E-state index in [9.17, 15) is 18.0 Å². The average molecular weight is 421 g/mol. The number of carbonyl (C=O) groups excluding carboxylic acids is 1. The summed E-state index contributed by atoms with van der Waals surface area (Å²) in [7, 11) is -5.84. The van der Waals surface area contributed by atoms with Crippen molar-refractivity contribution in [2.45, 2.75) is 94.7 Å². The van der Waals surface area contributed by atoms with Gasteiger partial charge in [0.05, 0.1) is 4.75 Å². The van der Waals surface area contributed by atoms with Gasteiger partial charge in [0.1, 0.15) is 0 Å². The van der Waals surface area contributed by atoms with Crippen LogP contribution in [-0.2, 0) is 14.9 Å². The molecule has 1 saturated carbocycles. The number of alkyl halides is 3. The molecule has 1 rings (SSSR count). The Morgan fingerprint density at radius 3 is 1.73 bits per heavy atom. The first-order valence-corrected chi connectivity index (χ1v) is 11.1. The highest BCUT2D eigenvalue weighted by Gasteiger charge is 2.44. The Morgan fingerprint density at radius 1 is 1.04 bits per heavy atom. The quantitative estimate of drug-likeness (QED) is 0.305. The fraction of sp³-hybridized carbons (Fsp3) is 0.941. The Kier molecular flexibility index (Phi) is 11.4. The maximum absolute atomic E-state index is 12.8. The fourth-order valence-electron chi connectivity index (χ4n) is 3.05. The van der Waals surface area contributed by atoms with Crippen LogP contribution < -0.4 is 0 Å². The summed E-state index contributed by atoms with van der Waals surface area (Å²) in [5.41, 5.74) is -5.53. The summed E-state index contributed by atoms with van der Waals surface area (Å²) in [4.78, 5) is 12.8. The molecule has 0 aromatic rings. The Morgan fingerprint density at radius 2 is 1.42 bits per heavy atom. The van der Waals surface area contributed by atoms with E-state index in [0.717, 1.165) is 51.4 Å². The molecule has 0 aromatic heterocycles. The van der Waals surface area contributed by atoms with Gasteiger partial charge in [0, 0.05) is 5.92 Å². The van der Waals surface area contributed by atoms with Crippen molar-refractivity contribution in [2.24, 2.45) is 5.92 Å². The molecule has 4 nitrogen and oxygen atoms in total. The number of rotatable bonds is 8. The van der Waals surface area contributed by atoms with Gasteiger partial charge in [-0.25, -0.2) is 0 Å². The van der Waals surface area contributed by atoms with E-state index in [1.54, 1.807) is 0 Å². The second-order valence-corrected chi connectivity index (χ2v) is 9.13. The van der Waals surface area contributed by atoms with Gasteiger partial charge in [0.25, 0.3) is 0 Å². The van der Waals surface area contributed by atoms with Crippen molar-refractivity contribution in [1.29, 1.82) is 0 Å². The van der Waals surface area contributed by atoms with E-state index in [1.807, 2.05) is 0 Å². The Labute approximate surface area is 160 Å². The van der Waals surface area contributed by atoms with Gasteiger partial charge in [0.2, 0.25) is 0 Å². The first-order valence-electron chi connectivity index (χ1n) is 9.19. The number of halogens is 3.